The second kappa shape index (κ2) is 7.02. The number of hydrogen-bond acceptors (Lipinski definition) is 7. The zero-order valence-electron chi connectivity index (χ0n) is 15.3. The number of fused-ring (bicyclic) bond motifs is 1. The van der Waals surface area contributed by atoms with E-state index in [0.29, 0.717) is 29.6 Å². The topological polar surface area (TPSA) is 105 Å². The summed E-state index contributed by atoms with van der Waals surface area (Å²) in [6, 6.07) is 2.65. The Morgan fingerprint density at radius 1 is 1.21 bits per heavy atom. The van der Waals surface area contributed by atoms with Crippen molar-refractivity contribution in [2.75, 3.05) is 18.8 Å². The van der Waals surface area contributed by atoms with E-state index in [9.17, 15) is 4.39 Å². The Kier molecular flexibility index (Phi) is 4.81. The van der Waals surface area contributed by atoms with Crippen molar-refractivity contribution in [2.24, 2.45) is 10.7 Å². The number of aromatic nitrogens is 2. The van der Waals surface area contributed by atoms with Crippen LogP contribution in [0.15, 0.2) is 17.1 Å². The Hall–Kier alpha value is -2.16. The highest BCUT2D eigenvalue weighted by Gasteiger charge is 2.30. The van der Waals surface area contributed by atoms with Crippen LogP contribution in [0, 0.1) is 5.82 Å². The van der Waals surface area contributed by atoms with Crippen molar-refractivity contribution < 1.29 is 4.39 Å². The van der Waals surface area contributed by atoms with Gasteiger partial charge in [-0.25, -0.2) is 19.4 Å². The molecule has 1 aromatic heterocycles. The summed E-state index contributed by atoms with van der Waals surface area (Å²) < 4.78 is 14.1. The van der Waals surface area contributed by atoms with Crippen LogP contribution < -0.4 is 16.8 Å². The van der Waals surface area contributed by atoms with E-state index in [1.54, 1.807) is 0 Å². The zero-order chi connectivity index (χ0) is 20.1. The number of nitrogens with two attached hydrogens (primary N) is 2. The van der Waals surface area contributed by atoms with Gasteiger partial charge in [-0.3, -0.25) is 0 Å². The Morgan fingerprint density at radius 2 is 1.93 bits per heavy atom. The zero-order valence-corrected chi connectivity index (χ0v) is 16.8. The van der Waals surface area contributed by atoms with E-state index in [1.807, 2.05) is 0 Å². The molecule has 0 spiro atoms. The van der Waals surface area contributed by atoms with Crippen molar-refractivity contribution in [1.29, 1.82) is 0 Å². The molecule has 5 N–H and O–H groups in total. The van der Waals surface area contributed by atoms with E-state index >= 15 is 0 Å². The van der Waals surface area contributed by atoms with Gasteiger partial charge in [0.15, 0.2) is 5.96 Å². The number of likely N-dealkylation sites (tertiary alicyclic amines) is 1. The number of halogens is 3. The molecule has 4 rings (SSSR count). The minimum Gasteiger partial charge on any atom is -0.398 e. The molecule has 28 heavy (non-hydrogen) atoms. The summed E-state index contributed by atoms with van der Waals surface area (Å²) in [6.07, 6.45) is 1.71. The van der Waals surface area contributed by atoms with Crippen LogP contribution in [-0.4, -0.2) is 39.5 Å². The molecule has 10 heteroatoms. The fourth-order valence-electron chi connectivity index (χ4n) is 3.41. The molecule has 0 amide bonds. The van der Waals surface area contributed by atoms with Gasteiger partial charge in [0.25, 0.3) is 0 Å². The highest BCUT2D eigenvalue weighted by molar-refractivity contribution is 6.34. The maximum absolute atomic E-state index is 14.1. The van der Waals surface area contributed by atoms with Crippen molar-refractivity contribution in [3.8, 4) is 11.3 Å². The molecule has 0 saturated carbocycles. The first-order valence-electron chi connectivity index (χ1n) is 8.92. The van der Waals surface area contributed by atoms with Crippen LogP contribution in [0.1, 0.15) is 25.5 Å². The largest absolute Gasteiger partial charge is 0.398 e. The molecule has 0 atom stereocenters. The van der Waals surface area contributed by atoms with E-state index in [2.05, 4.69) is 27.1 Å². The fourth-order valence-corrected chi connectivity index (χ4v) is 3.86. The van der Waals surface area contributed by atoms with Gasteiger partial charge < -0.3 is 21.7 Å². The Morgan fingerprint density at radius 3 is 2.64 bits per heavy atom. The van der Waals surface area contributed by atoms with E-state index in [0.717, 1.165) is 25.9 Å². The monoisotopic (exact) mass is 423 g/mol. The van der Waals surface area contributed by atoms with Gasteiger partial charge in [-0.15, -0.1) is 0 Å². The van der Waals surface area contributed by atoms with Crippen LogP contribution in [0.2, 0.25) is 10.3 Å². The molecule has 0 unspecified atom stereocenters. The summed E-state index contributed by atoms with van der Waals surface area (Å²) in [7, 11) is 0. The van der Waals surface area contributed by atoms with Gasteiger partial charge in [-0.2, -0.15) is 0 Å². The lowest BCUT2D eigenvalue weighted by Gasteiger charge is -2.39. The predicted octanol–water partition coefficient (Wildman–Crippen LogP) is 3.08. The SMILES string of the molecule is CC1(N)CCN(C2=Nc3c(nc(Cl)nc3-c3c(N)ccc(F)c3Cl)CN2)CC1. The second-order valence-electron chi connectivity index (χ2n) is 7.39. The first kappa shape index (κ1) is 19.2. The molecular formula is C18H20Cl2FN7. The Labute approximate surface area is 171 Å². The Bertz CT molecular complexity index is 967. The first-order valence-corrected chi connectivity index (χ1v) is 9.67. The highest BCUT2D eigenvalue weighted by Crippen LogP contribution is 2.41. The standard InChI is InChI=1S/C18H20Cl2FN7/c1-18(23)4-6-28(7-5-18)17-24-8-11-14(27-17)15(26-16(20)25-11)12-10(22)3-2-9(21)13(12)19/h2-3H,4-8,22-23H2,1H3,(H,24,27). The minimum atomic E-state index is -0.592. The lowest BCUT2D eigenvalue weighted by Crippen LogP contribution is -2.53. The summed E-state index contributed by atoms with van der Waals surface area (Å²) in [5.41, 5.74) is 14.1. The second-order valence-corrected chi connectivity index (χ2v) is 8.11. The van der Waals surface area contributed by atoms with Gasteiger partial charge >= 0.3 is 0 Å². The van der Waals surface area contributed by atoms with Crippen LogP contribution in [-0.2, 0) is 6.54 Å². The van der Waals surface area contributed by atoms with Crippen molar-refractivity contribution in [3.05, 3.63) is 34.0 Å². The highest BCUT2D eigenvalue weighted by atomic mass is 35.5. The molecule has 0 radical (unpaired) electrons. The van der Waals surface area contributed by atoms with Crippen molar-refractivity contribution >= 4 is 40.5 Å². The summed E-state index contributed by atoms with van der Waals surface area (Å²) in [6.45, 7) is 4.02. The van der Waals surface area contributed by atoms with Crippen LogP contribution in [0.4, 0.5) is 15.8 Å². The number of benzene rings is 1. The molecule has 3 heterocycles. The molecule has 0 aliphatic carbocycles. The lowest BCUT2D eigenvalue weighted by atomic mass is 9.91. The molecule has 2 aliphatic rings. The number of anilines is 1. The fraction of sp³-hybridized carbons (Fsp3) is 0.389. The number of nitrogens with zero attached hydrogens (tertiary/aromatic N) is 4. The molecule has 1 fully saturated rings. The average Bonchev–Trinajstić information content (AvgIpc) is 2.65. The predicted molar refractivity (Wildman–Crippen MR) is 109 cm³/mol. The smallest absolute Gasteiger partial charge is 0.223 e. The molecule has 2 aromatic rings. The van der Waals surface area contributed by atoms with E-state index < -0.39 is 5.82 Å². The number of guanidine groups is 1. The van der Waals surface area contributed by atoms with Crippen LogP contribution in [0.5, 0.6) is 0 Å². The summed E-state index contributed by atoms with van der Waals surface area (Å²) in [4.78, 5) is 15.4. The van der Waals surface area contributed by atoms with Gasteiger partial charge in [0, 0.05) is 29.9 Å². The van der Waals surface area contributed by atoms with Crippen LogP contribution in [0.3, 0.4) is 0 Å². The normalized spacial score (nSPS) is 18.3. The van der Waals surface area contributed by atoms with E-state index in [4.69, 9.17) is 39.7 Å². The van der Waals surface area contributed by atoms with E-state index in [-0.39, 0.29) is 27.1 Å². The maximum Gasteiger partial charge on any atom is 0.223 e. The van der Waals surface area contributed by atoms with Gasteiger partial charge in [0.1, 0.15) is 17.2 Å². The van der Waals surface area contributed by atoms with Crippen molar-refractivity contribution in [2.45, 2.75) is 31.8 Å². The van der Waals surface area contributed by atoms with Gasteiger partial charge in [0.05, 0.1) is 17.3 Å². The van der Waals surface area contributed by atoms with Gasteiger partial charge in [-0.1, -0.05) is 11.6 Å². The summed E-state index contributed by atoms with van der Waals surface area (Å²) >= 11 is 12.3. The number of nitrogens with one attached hydrogen (secondary N) is 1. The quantitative estimate of drug-likeness (QED) is 0.480. The van der Waals surface area contributed by atoms with Crippen LogP contribution >= 0.6 is 23.2 Å². The lowest BCUT2D eigenvalue weighted by molar-refractivity contribution is 0.239. The number of aliphatic imine (C=N–C) groups is 1. The summed E-state index contributed by atoms with van der Waals surface area (Å²) in [5.74, 6) is 0.104. The third kappa shape index (κ3) is 3.47. The van der Waals surface area contributed by atoms with Gasteiger partial charge in [-0.05, 0) is 43.5 Å². The number of rotatable bonds is 1. The first-order chi connectivity index (χ1) is 13.2. The molecule has 1 aromatic carbocycles. The van der Waals surface area contributed by atoms with Gasteiger partial charge in [0.2, 0.25) is 5.28 Å². The van der Waals surface area contributed by atoms with Crippen LogP contribution in [0.25, 0.3) is 11.3 Å². The summed E-state index contributed by atoms with van der Waals surface area (Å²) in [5, 5.41) is 3.16. The molecule has 7 nitrogen and oxygen atoms in total. The molecule has 148 valence electrons. The molecular weight excluding hydrogens is 404 g/mol. The number of hydrogen-bond donors (Lipinski definition) is 3. The third-order valence-corrected chi connectivity index (χ3v) is 5.67. The number of nitrogen functional groups attached to an aromatic ring is 1. The average molecular weight is 424 g/mol. The minimum absolute atomic E-state index is 0.0193. The van der Waals surface area contributed by atoms with E-state index in [1.165, 1.54) is 12.1 Å². The molecule has 1 saturated heterocycles. The number of piperidine rings is 1. The maximum atomic E-state index is 14.1. The van der Waals surface area contributed by atoms with Crippen molar-refractivity contribution in [1.82, 2.24) is 20.2 Å². The molecule has 2 aliphatic heterocycles. The molecule has 0 bridgehead atoms. The Balaban J connectivity index is 1.80. The van der Waals surface area contributed by atoms with Crippen molar-refractivity contribution in [3.63, 3.8) is 0 Å². The third-order valence-electron chi connectivity index (χ3n) is 5.13.